The maximum Gasteiger partial charge on any atom is 0.223 e. The van der Waals surface area contributed by atoms with Crippen molar-refractivity contribution in [3.8, 4) is 0 Å². The first kappa shape index (κ1) is 16.8. The van der Waals surface area contributed by atoms with Crippen LogP contribution in [0.4, 0.5) is 0 Å². The van der Waals surface area contributed by atoms with E-state index in [1.54, 1.807) is 12.5 Å². The Balaban J connectivity index is 1.56. The first-order valence-corrected chi connectivity index (χ1v) is 9.41. The Labute approximate surface area is 156 Å². The first-order valence-electron chi connectivity index (χ1n) is 8.22. The van der Waals surface area contributed by atoms with E-state index in [4.69, 9.17) is 21.1 Å². The molecule has 0 saturated carbocycles. The fourth-order valence-electron chi connectivity index (χ4n) is 3.08. The predicted octanol–water partition coefficient (Wildman–Crippen LogP) is 4.42. The molecule has 2 atom stereocenters. The molecule has 0 N–H and O–H groups in total. The minimum absolute atomic E-state index is 0.00658. The maximum absolute atomic E-state index is 6.44. The third-order valence-corrected chi connectivity index (χ3v) is 5.70. The molecule has 2 aromatic heterocycles. The number of hydrogen-bond donors (Lipinski definition) is 0. The number of hydrogen-bond acceptors (Lipinski definition) is 4. The number of ether oxygens (including phenoxy) is 2. The molecule has 0 spiro atoms. The molecular weight excluding hydrogens is 356 g/mol. The summed E-state index contributed by atoms with van der Waals surface area (Å²) < 4.78 is 15.3. The minimum atomic E-state index is -0.812. The average molecular weight is 375 g/mol. The number of thiophene rings is 1. The van der Waals surface area contributed by atoms with Crippen LogP contribution in [-0.2, 0) is 28.2 Å². The molecule has 25 heavy (non-hydrogen) atoms. The molecule has 1 aliphatic rings. The zero-order chi connectivity index (χ0) is 17.3. The van der Waals surface area contributed by atoms with E-state index in [1.807, 2.05) is 22.9 Å². The monoisotopic (exact) mass is 374 g/mol. The van der Waals surface area contributed by atoms with Crippen molar-refractivity contribution < 1.29 is 9.47 Å². The molecule has 1 saturated heterocycles. The third-order valence-electron chi connectivity index (χ3n) is 4.34. The summed E-state index contributed by atoms with van der Waals surface area (Å²) in [6.45, 7) is 3.20. The van der Waals surface area contributed by atoms with Crippen molar-refractivity contribution in [1.82, 2.24) is 9.55 Å². The van der Waals surface area contributed by atoms with Gasteiger partial charge in [0.05, 0.1) is 34.8 Å². The number of aryl methyl sites for hydroxylation is 1. The van der Waals surface area contributed by atoms with Crippen molar-refractivity contribution in [1.29, 1.82) is 0 Å². The lowest BCUT2D eigenvalue weighted by molar-refractivity contribution is -0.184. The van der Waals surface area contributed by atoms with Gasteiger partial charge in [-0.25, -0.2) is 4.98 Å². The molecule has 0 aliphatic carbocycles. The molecule has 0 bridgehead atoms. The highest BCUT2D eigenvalue weighted by atomic mass is 35.5. The number of aromatic nitrogens is 2. The van der Waals surface area contributed by atoms with Crippen LogP contribution in [0.3, 0.4) is 0 Å². The molecule has 1 aliphatic heterocycles. The van der Waals surface area contributed by atoms with E-state index in [0.29, 0.717) is 13.2 Å². The molecule has 130 valence electrons. The summed E-state index contributed by atoms with van der Waals surface area (Å²) in [6.07, 6.45) is 6.28. The predicted molar refractivity (Wildman–Crippen MR) is 98.9 cm³/mol. The van der Waals surface area contributed by atoms with E-state index < -0.39 is 5.79 Å². The molecular formula is C19H19ClN2O2S. The van der Waals surface area contributed by atoms with Gasteiger partial charge in [0.15, 0.2) is 0 Å². The van der Waals surface area contributed by atoms with Gasteiger partial charge in [0, 0.05) is 18.8 Å². The van der Waals surface area contributed by atoms with Crippen molar-refractivity contribution in [2.75, 3.05) is 6.61 Å². The summed E-state index contributed by atoms with van der Waals surface area (Å²) >= 11 is 7.65. The van der Waals surface area contributed by atoms with Crippen LogP contribution in [0.25, 0.3) is 0 Å². The molecule has 1 aromatic carbocycles. The minimum Gasteiger partial charge on any atom is -0.341 e. The smallest absolute Gasteiger partial charge is 0.223 e. The Morgan fingerprint density at radius 2 is 2.12 bits per heavy atom. The van der Waals surface area contributed by atoms with E-state index in [1.165, 1.54) is 22.5 Å². The van der Waals surface area contributed by atoms with E-state index >= 15 is 0 Å². The molecule has 3 heterocycles. The number of rotatable bonds is 5. The van der Waals surface area contributed by atoms with Crippen LogP contribution in [0, 0.1) is 6.92 Å². The van der Waals surface area contributed by atoms with E-state index in [2.05, 4.69) is 36.2 Å². The van der Waals surface area contributed by atoms with Gasteiger partial charge in [-0.15, -0.1) is 11.3 Å². The Hall–Kier alpha value is -1.66. The van der Waals surface area contributed by atoms with Crippen molar-refractivity contribution >= 4 is 22.9 Å². The summed E-state index contributed by atoms with van der Waals surface area (Å²) in [6, 6.07) is 12.4. The van der Waals surface area contributed by atoms with Crippen LogP contribution >= 0.6 is 22.9 Å². The van der Waals surface area contributed by atoms with E-state index in [-0.39, 0.29) is 6.10 Å². The lowest BCUT2D eigenvalue weighted by Crippen LogP contribution is -2.32. The van der Waals surface area contributed by atoms with Gasteiger partial charge in [-0.1, -0.05) is 41.4 Å². The fraction of sp³-hybridized carbons (Fsp3) is 0.316. The van der Waals surface area contributed by atoms with Crippen molar-refractivity contribution in [2.45, 2.75) is 31.8 Å². The molecule has 0 amide bonds. The Morgan fingerprint density at radius 1 is 1.28 bits per heavy atom. The summed E-state index contributed by atoms with van der Waals surface area (Å²) in [5, 5.41) is 0. The Morgan fingerprint density at radius 3 is 2.80 bits per heavy atom. The highest BCUT2D eigenvalue weighted by Crippen LogP contribution is 2.41. The van der Waals surface area contributed by atoms with Crippen molar-refractivity contribution in [3.05, 3.63) is 75.5 Å². The third kappa shape index (κ3) is 3.65. The number of benzene rings is 1. The van der Waals surface area contributed by atoms with Crippen LogP contribution < -0.4 is 0 Å². The second kappa shape index (κ2) is 6.92. The molecule has 4 rings (SSSR count). The van der Waals surface area contributed by atoms with Gasteiger partial charge in [0.25, 0.3) is 0 Å². The van der Waals surface area contributed by atoms with Crippen LogP contribution in [-0.4, -0.2) is 22.3 Å². The highest BCUT2D eigenvalue weighted by molar-refractivity contribution is 7.16. The van der Waals surface area contributed by atoms with Gasteiger partial charge in [-0.05, 0) is 24.6 Å². The fourth-order valence-corrected chi connectivity index (χ4v) is 4.20. The molecule has 4 nitrogen and oxygen atoms in total. The number of halogens is 1. The van der Waals surface area contributed by atoms with Gasteiger partial charge in [0.1, 0.15) is 0 Å². The van der Waals surface area contributed by atoms with Gasteiger partial charge in [-0.2, -0.15) is 0 Å². The van der Waals surface area contributed by atoms with Crippen LogP contribution in [0.2, 0.25) is 4.34 Å². The Kier molecular flexibility index (Phi) is 4.65. The summed E-state index contributed by atoms with van der Waals surface area (Å²) in [5.74, 6) is -0.812. The number of nitrogens with zero attached hydrogens (tertiary/aromatic N) is 2. The molecule has 0 radical (unpaired) electrons. The normalized spacial score (nSPS) is 23.2. The zero-order valence-corrected chi connectivity index (χ0v) is 15.5. The second-order valence-electron chi connectivity index (χ2n) is 6.33. The summed E-state index contributed by atoms with van der Waals surface area (Å²) in [4.78, 5) is 5.10. The SMILES string of the molecule is Cc1ccc(CC2COC(Cn3ccnc3)(c3ccc(Cl)s3)O2)cc1. The van der Waals surface area contributed by atoms with Gasteiger partial charge >= 0.3 is 0 Å². The highest BCUT2D eigenvalue weighted by Gasteiger charge is 2.44. The van der Waals surface area contributed by atoms with Gasteiger partial charge < -0.3 is 14.0 Å². The van der Waals surface area contributed by atoms with Crippen molar-refractivity contribution in [2.24, 2.45) is 0 Å². The van der Waals surface area contributed by atoms with Gasteiger partial charge in [0.2, 0.25) is 5.79 Å². The van der Waals surface area contributed by atoms with E-state index in [9.17, 15) is 0 Å². The van der Waals surface area contributed by atoms with Crippen LogP contribution in [0.1, 0.15) is 16.0 Å². The average Bonchev–Trinajstić information content (AvgIpc) is 3.33. The number of imidazole rings is 1. The standard InChI is InChI=1S/C19H19ClN2O2S/c1-14-2-4-15(5-3-14)10-16-11-23-19(24-16,12-22-9-8-21-13-22)17-6-7-18(20)25-17/h2-9,13,16H,10-12H2,1H3. The largest absolute Gasteiger partial charge is 0.341 e. The molecule has 3 aromatic rings. The van der Waals surface area contributed by atoms with Crippen LogP contribution in [0.5, 0.6) is 0 Å². The lowest BCUT2D eigenvalue weighted by Gasteiger charge is -2.27. The Bertz CT molecular complexity index is 831. The molecule has 1 fully saturated rings. The molecule has 2 unspecified atom stereocenters. The second-order valence-corrected chi connectivity index (χ2v) is 8.05. The lowest BCUT2D eigenvalue weighted by atomic mass is 10.1. The van der Waals surface area contributed by atoms with Gasteiger partial charge in [-0.3, -0.25) is 0 Å². The summed E-state index contributed by atoms with van der Waals surface area (Å²) in [5.41, 5.74) is 2.51. The first-order chi connectivity index (χ1) is 12.1. The topological polar surface area (TPSA) is 36.3 Å². The maximum atomic E-state index is 6.44. The van der Waals surface area contributed by atoms with Crippen LogP contribution in [0.15, 0.2) is 55.1 Å². The molecule has 6 heteroatoms. The van der Waals surface area contributed by atoms with Crippen molar-refractivity contribution in [3.63, 3.8) is 0 Å². The summed E-state index contributed by atoms with van der Waals surface area (Å²) in [7, 11) is 0. The zero-order valence-electron chi connectivity index (χ0n) is 13.9. The quantitative estimate of drug-likeness (QED) is 0.663. The van der Waals surface area contributed by atoms with E-state index in [0.717, 1.165) is 15.6 Å².